The average Bonchev–Trinajstić information content (AvgIpc) is 1.65. The summed E-state index contributed by atoms with van der Waals surface area (Å²) in [5.41, 5.74) is 4.81. The normalized spacial score (nSPS) is 15.9. The van der Waals surface area contributed by atoms with Crippen molar-refractivity contribution >= 4 is 64.3 Å². The number of hydrogen-bond acceptors (Lipinski definition) is 16. The van der Waals surface area contributed by atoms with E-state index in [4.69, 9.17) is 24.7 Å². The number of aliphatic hydroxyl groups is 1. The first kappa shape index (κ1) is 68.1. The van der Waals surface area contributed by atoms with Crippen LogP contribution in [0.5, 0.6) is 0 Å². The number of amides is 6. The lowest BCUT2D eigenvalue weighted by Gasteiger charge is -2.31. The number of nitrogens with zero attached hydrogens (tertiary/aromatic N) is 3. The summed E-state index contributed by atoms with van der Waals surface area (Å²) in [5.74, 6) is -6.64. The van der Waals surface area contributed by atoms with E-state index in [2.05, 4.69) is 31.6 Å². The summed E-state index contributed by atoms with van der Waals surface area (Å²) in [6.07, 6.45) is 0.0312. The van der Waals surface area contributed by atoms with Crippen molar-refractivity contribution in [2.24, 2.45) is 11.7 Å². The molecular formula is C62H83F2N9O14. The number of anilines is 1. The van der Waals surface area contributed by atoms with Crippen molar-refractivity contribution in [2.75, 3.05) is 18.4 Å². The zero-order valence-electron chi connectivity index (χ0n) is 51.6. The van der Waals surface area contributed by atoms with Crippen molar-refractivity contribution in [2.45, 2.75) is 201 Å². The van der Waals surface area contributed by atoms with Gasteiger partial charge in [0.15, 0.2) is 17.2 Å². The van der Waals surface area contributed by atoms with E-state index in [9.17, 15) is 57.0 Å². The Kier molecular flexibility index (Phi) is 22.4. The Balaban J connectivity index is 1.10. The first-order valence-electron chi connectivity index (χ1n) is 29.4. The van der Waals surface area contributed by atoms with Crippen molar-refractivity contribution < 1.29 is 71.2 Å². The van der Waals surface area contributed by atoms with Gasteiger partial charge in [0.2, 0.25) is 23.6 Å². The number of nitrogens with two attached hydrogens (primary N) is 1. The Bertz CT molecular complexity index is 3300. The van der Waals surface area contributed by atoms with E-state index < -0.39 is 118 Å². The third kappa shape index (κ3) is 17.6. The molecule has 2 aromatic heterocycles. The van der Waals surface area contributed by atoms with Crippen LogP contribution >= 0.6 is 0 Å². The fourth-order valence-corrected chi connectivity index (χ4v) is 10.1. The van der Waals surface area contributed by atoms with E-state index in [0.717, 1.165) is 12.1 Å². The van der Waals surface area contributed by atoms with E-state index in [-0.39, 0.29) is 105 Å². The second kappa shape index (κ2) is 28.6. The lowest BCUT2D eigenvalue weighted by molar-refractivity contribution is -0.172. The van der Waals surface area contributed by atoms with Crippen molar-refractivity contribution in [1.29, 1.82) is 0 Å². The van der Waals surface area contributed by atoms with Crippen LogP contribution in [0.1, 0.15) is 156 Å². The molecule has 25 heteroatoms. The topological polar surface area (TPSA) is 318 Å². The molecule has 6 amide bonds. The lowest BCUT2D eigenvalue weighted by atomic mass is 9.86. The van der Waals surface area contributed by atoms with Gasteiger partial charge < -0.3 is 65.8 Å². The van der Waals surface area contributed by atoms with Gasteiger partial charge in [-0.15, -0.1) is 0 Å². The number of nitrogens with one attached hydrogen (secondary N) is 5. The molecule has 5 atom stereocenters. The third-order valence-electron chi connectivity index (χ3n) is 14.8. The number of cyclic esters (lactones) is 1. The third-order valence-corrected chi connectivity index (χ3v) is 14.8. The van der Waals surface area contributed by atoms with Crippen molar-refractivity contribution in [3.63, 3.8) is 0 Å². The molecule has 0 unspecified atom stereocenters. The largest absolute Gasteiger partial charge is 0.460 e. The second-order valence-corrected chi connectivity index (χ2v) is 24.6. The molecule has 4 heterocycles. The van der Waals surface area contributed by atoms with Gasteiger partial charge >= 0.3 is 24.1 Å². The van der Waals surface area contributed by atoms with Gasteiger partial charge in [0.1, 0.15) is 42.5 Å². The highest BCUT2D eigenvalue weighted by molar-refractivity contribution is 5.99. The highest BCUT2D eigenvalue weighted by atomic mass is 19.2. The number of benzene rings is 2. The predicted molar refractivity (Wildman–Crippen MR) is 317 cm³/mol. The SMILES string of the molecule is CC[C@@]1(O)C(=O)OCc2c1cc1n(c2=O)Cc2c-1nc1cc(F)c(F)cc1c2CCN(C(=O)OCc1ccc(NC(=O)[C@H](CCCCNC(=O)OC(C)(C)C)NC(=O)[C@H](C)NC(=O)[C@@H](NC(=O)[C@@H](N)CCCC(=O)OC(C)(C)C)C(C)C)cc1)C(C)C. The monoisotopic (exact) mass is 1220 g/mol. The Labute approximate surface area is 504 Å². The minimum Gasteiger partial charge on any atom is -0.460 e. The first-order chi connectivity index (χ1) is 40.7. The maximum atomic E-state index is 15.0. The molecule has 0 radical (unpaired) electrons. The molecule has 23 nitrogen and oxygen atoms in total. The number of carbonyl (C=O) groups is 8. The Morgan fingerprint density at radius 1 is 0.828 bits per heavy atom. The Morgan fingerprint density at radius 3 is 2.13 bits per heavy atom. The minimum atomic E-state index is -2.09. The van der Waals surface area contributed by atoms with Crippen LogP contribution in [0.15, 0.2) is 47.3 Å². The lowest BCUT2D eigenvalue weighted by Crippen LogP contribution is -2.57. The van der Waals surface area contributed by atoms with Gasteiger partial charge in [0.05, 0.1) is 35.1 Å². The number of pyridine rings is 2. The predicted octanol–water partition coefficient (Wildman–Crippen LogP) is 6.55. The van der Waals surface area contributed by atoms with Crippen LogP contribution in [0.3, 0.4) is 0 Å². The zero-order valence-corrected chi connectivity index (χ0v) is 51.6. The molecule has 0 aliphatic carbocycles. The van der Waals surface area contributed by atoms with E-state index in [1.807, 2.05) is 0 Å². The van der Waals surface area contributed by atoms with Crippen molar-refractivity contribution in [3.05, 3.63) is 92.3 Å². The summed E-state index contributed by atoms with van der Waals surface area (Å²) in [6.45, 7) is 20.0. The maximum absolute atomic E-state index is 15.0. The molecule has 474 valence electrons. The number of esters is 2. The number of ether oxygens (including phenoxy) is 4. The molecule has 4 aromatic rings. The molecule has 6 rings (SSSR count). The number of halogens is 2. The van der Waals surface area contributed by atoms with Crippen LogP contribution in [0.25, 0.3) is 22.3 Å². The quantitative estimate of drug-likeness (QED) is 0.0185. The summed E-state index contributed by atoms with van der Waals surface area (Å²) in [4.78, 5) is 126. The molecule has 0 bridgehead atoms. The summed E-state index contributed by atoms with van der Waals surface area (Å²) in [6, 6.07) is 5.02. The van der Waals surface area contributed by atoms with Gasteiger partial charge in [0, 0.05) is 53.8 Å². The summed E-state index contributed by atoms with van der Waals surface area (Å²) in [5, 5.41) is 25.1. The highest BCUT2D eigenvalue weighted by Gasteiger charge is 2.46. The standard InChI is InChI=1S/C62H83F2N9O14/c1-13-62(83)42-28-48-51-40(30-73(48)56(79)41(42)32-84-57(62)80)38(39-27-43(63)44(64)29-47(39)69-51)24-26-72(34(4)5)59(82)85-31-36-20-22-37(23-21-36)68-54(77)46(18-14-15-25-66-58(81)87-61(10,11)12)70-52(75)35(6)67-55(78)50(33(2)3)71-53(76)45(65)17-16-19-49(74)86-60(7,8)9/h20-23,27-29,33-35,45-46,50,83H,13-19,24-26,30-32,65H2,1-12H3,(H,66,81)(H,67,78)(H,68,77)(H,70,75)(H,71,76)/t35-,45-,46-,50-,62-/m0/s1. The van der Waals surface area contributed by atoms with Crippen LogP contribution in [-0.4, -0.2) is 122 Å². The number of aromatic nitrogens is 2. The van der Waals surface area contributed by atoms with Crippen LogP contribution in [-0.2, 0) is 79.5 Å². The van der Waals surface area contributed by atoms with Gasteiger partial charge in [-0.3, -0.25) is 28.8 Å². The minimum absolute atomic E-state index is 0.0269. The van der Waals surface area contributed by atoms with E-state index in [1.54, 1.807) is 100 Å². The summed E-state index contributed by atoms with van der Waals surface area (Å²) in [7, 11) is 0. The number of carbonyl (C=O) groups excluding carboxylic acids is 8. The fourth-order valence-electron chi connectivity index (χ4n) is 10.1. The van der Waals surface area contributed by atoms with E-state index >= 15 is 0 Å². The smallest absolute Gasteiger partial charge is 0.410 e. The molecular weight excluding hydrogens is 1130 g/mol. The number of rotatable bonds is 25. The van der Waals surface area contributed by atoms with Crippen LogP contribution in [0, 0.1) is 17.6 Å². The summed E-state index contributed by atoms with van der Waals surface area (Å²) >= 11 is 0. The van der Waals surface area contributed by atoms with E-state index in [0.29, 0.717) is 35.2 Å². The first-order valence-corrected chi connectivity index (χ1v) is 29.4. The molecule has 2 aliphatic rings. The average molecular weight is 1220 g/mol. The van der Waals surface area contributed by atoms with Gasteiger partial charge in [-0.1, -0.05) is 32.9 Å². The molecule has 8 N–H and O–H groups in total. The van der Waals surface area contributed by atoms with E-state index in [1.165, 1.54) is 22.5 Å². The molecule has 87 heavy (non-hydrogen) atoms. The second-order valence-electron chi connectivity index (χ2n) is 24.6. The highest BCUT2D eigenvalue weighted by Crippen LogP contribution is 2.41. The Hall–Kier alpha value is -8.06. The molecule has 0 spiro atoms. The van der Waals surface area contributed by atoms with Gasteiger partial charge in [0.25, 0.3) is 5.56 Å². The van der Waals surface area contributed by atoms with Gasteiger partial charge in [-0.25, -0.2) is 28.1 Å². The Morgan fingerprint density at radius 2 is 1.49 bits per heavy atom. The van der Waals surface area contributed by atoms with Crippen molar-refractivity contribution in [1.82, 2.24) is 35.7 Å². The molecule has 0 saturated carbocycles. The summed E-state index contributed by atoms with van der Waals surface area (Å²) < 4.78 is 52.8. The molecule has 0 saturated heterocycles. The number of fused-ring (bicyclic) bond motifs is 5. The zero-order chi connectivity index (χ0) is 64.5. The van der Waals surface area contributed by atoms with Crippen LogP contribution < -0.4 is 37.9 Å². The maximum Gasteiger partial charge on any atom is 0.410 e. The number of unbranched alkanes of at least 4 members (excludes halogenated alkanes) is 1. The molecule has 0 fully saturated rings. The van der Waals surface area contributed by atoms with Crippen molar-refractivity contribution in [3.8, 4) is 11.4 Å². The number of alkyl carbamates (subject to hydrolysis) is 1. The molecule has 2 aliphatic heterocycles. The van der Waals surface area contributed by atoms with Crippen LogP contribution in [0.4, 0.5) is 24.1 Å². The molecule has 2 aromatic carbocycles. The number of hydrogen-bond donors (Lipinski definition) is 7. The van der Waals surface area contributed by atoms with Crippen LogP contribution in [0.2, 0.25) is 0 Å². The van der Waals surface area contributed by atoms with Gasteiger partial charge in [-0.2, -0.15) is 0 Å². The van der Waals surface area contributed by atoms with Gasteiger partial charge in [-0.05, 0) is 149 Å². The fraction of sp³-hybridized carbons (Fsp3) is 0.548.